The van der Waals surface area contributed by atoms with Crippen molar-refractivity contribution < 1.29 is 9.18 Å². The molecule has 3 rings (SSSR count). The summed E-state index contributed by atoms with van der Waals surface area (Å²) in [6.45, 7) is 0. The van der Waals surface area contributed by atoms with Gasteiger partial charge in [-0.1, -0.05) is 48.5 Å². The number of halogens is 1. The molecule has 0 bridgehead atoms. The van der Waals surface area contributed by atoms with Crippen molar-refractivity contribution in [3.05, 3.63) is 77.2 Å². The topological polar surface area (TPSA) is 41.5 Å². The van der Waals surface area contributed by atoms with Crippen LogP contribution < -0.4 is 5.32 Å². The fourth-order valence-electron chi connectivity index (χ4n) is 2.28. The molecular weight excluding hydrogens is 279 g/mol. The number of aryl methyl sites for hydroxylation is 1. The molecule has 0 atom stereocenters. The third-order valence-corrected chi connectivity index (χ3v) is 3.44. The third-order valence-electron chi connectivity index (χ3n) is 3.44. The van der Waals surface area contributed by atoms with Crippen molar-refractivity contribution in [3.63, 3.8) is 0 Å². The molecule has 0 radical (unpaired) electrons. The summed E-state index contributed by atoms with van der Waals surface area (Å²) in [6.07, 6.45) is 2.91. The second-order valence-electron chi connectivity index (χ2n) is 5.05. The molecule has 0 aliphatic carbocycles. The first kappa shape index (κ1) is 14.2. The van der Waals surface area contributed by atoms with Crippen LogP contribution in [0.2, 0.25) is 0 Å². The van der Waals surface area contributed by atoms with E-state index in [1.807, 2.05) is 30.3 Å². The van der Waals surface area contributed by atoms with Crippen LogP contribution in [0.1, 0.15) is 17.5 Å². The lowest BCUT2D eigenvalue weighted by Crippen LogP contribution is -2.24. The Kier molecular flexibility index (Phi) is 4.10. The number of aliphatic imine (C=N–C) groups is 1. The molecule has 1 heterocycles. The molecule has 110 valence electrons. The fraction of sp³-hybridized carbons (Fsp3) is 0.111. The van der Waals surface area contributed by atoms with Crippen LogP contribution in [0, 0.1) is 5.82 Å². The number of nitrogens with one attached hydrogen (secondary N) is 1. The van der Waals surface area contributed by atoms with Crippen LogP contribution in [0.15, 0.2) is 65.3 Å². The normalized spacial score (nSPS) is 15.8. The lowest BCUT2D eigenvalue weighted by molar-refractivity contribution is -0.115. The summed E-state index contributed by atoms with van der Waals surface area (Å²) < 4.78 is 13.6. The Labute approximate surface area is 128 Å². The van der Waals surface area contributed by atoms with Gasteiger partial charge in [0.2, 0.25) is 0 Å². The van der Waals surface area contributed by atoms with Gasteiger partial charge in [0.1, 0.15) is 17.3 Å². The summed E-state index contributed by atoms with van der Waals surface area (Å²) in [6, 6.07) is 16.3. The molecule has 2 aromatic rings. The Bertz CT molecular complexity index is 751. The largest absolute Gasteiger partial charge is 0.309 e. The van der Waals surface area contributed by atoms with Crippen LogP contribution in [-0.4, -0.2) is 11.7 Å². The quantitative estimate of drug-likeness (QED) is 0.863. The highest BCUT2D eigenvalue weighted by Crippen LogP contribution is 2.16. The maximum absolute atomic E-state index is 13.6. The van der Waals surface area contributed by atoms with Gasteiger partial charge in [0, 0.05) is 12.0 Å². The van der Waals surface area contributed by atoms with Crippen LogP contribution in [0.5, 0.6) is 0 Å². The first-order chi connectivity index (χ1) is 10.7. The van der Waals surface area contributed by atoms with E-state index in [4.69, 9.17) is 0 Å². The molecule has 1 aliphatic rings. The second kappa shape index (κ2) is 6.35. The highest BCUT2D eigenvalue weighted by Gasteiger charge is 2.19. The van der Waals surface area contributed by atoms with Gasteiger partial charge < -0.3 is 5.32 Å². The van der Waals surface area contributed by atoms with Gasteiger partial charge in [0.15, 0.2) is 0 Å². The highest BCUT2D eigenvalue weighted by molar-refractivity contribution is 6.14. The minimum Gasteiger partial charge on any atom is -0.309 e. The molecule has 22 heavy (non-hydrogen) atoms. The molecular formula is C18H15FN2O. The number of benzene rings is 2. The van der Waals surface area contributed by atoms with E-state index in [0.717, 1.165) is 6.42 Å². The van der Waals surface area contributed by atoms with Crippen molar-refractivity contribution in [1.29, 1.82) is 0 Å². The average Bonchev–Trinajstić information content (AvgIpc) is 2.89. The zero-order valence-corrected chi connectivity index (χ0v) is 11.9. The van der Waals surface area contributed by atoms with Crippen LogP contribution in [0.4, 0.5) is 4.39 Å². The summed E-state index contributed by atoms with van der Waals surface area (Å²) in [4.78, 5) is 16.2. The predicted molar refractivity (Wildman–Crippen MR) is 84.7 cm³/mol. The highest BCUT2D eigenvalue weighted by atomic mass is 19.1. The van der Waals surface area contributed by atoms with E-state index in [1.165, 1.54) is 17.7 Å². The summed E-state index contributed by atoms with van der Waals surface area (Å²) in [5, 5.41) is 2.73. The Morgan fingerprint density at radius 3 is 2.50 bits per heavy atom. The Morgan fingerprint density at radius 2 is 1.73 bits per heavy atom. The summed E-state index contributed by atoms with van der Waals surface area (Å²) in [5.41, 5.74) is 1.79. The number of nitrogens with zero attached hydrogens (tertiary/aromatic N) is 1. The van der Waals surface area contributed by atoms with Gasteiger partial charge in [-0.15, -0.1) is 0 Å². The molecule has 0 aromatic heterocycles. The first-order valence-electron chi connectivity index (χ1n) is 7.11. The van der Waals surface area contributed by atoms with Gasteiger partial charge in [-0.05, 0) is 24.1 Å². The molecule has 0 saturated carbocycles. The van der Waals surface area contributed by atoms with E-state index < -0.39 is 0 Å². The second-order valence-corrected chi connectivity index (χ2v) is 5.05. The van der Waals surface area contributed by atoms with E-state index in [2.05, 4.69) is 10.3 Å². The van der Waals surface area contributed by atoms with Gasteiger partial charge in [-0.2, -0.15) is 0 Å². The maximum Gasteiger partial charge on any atom is 0.275 e. The zero-order valence-electron chi connectivity index (χ0n) is 11.9. The van der Waals surface area contributed by atoms with Crippen molar-refractivity contribution in [1.82, 2.24) is 5.32 Å². The monoisotopic (exact) mass is 294 g/mol. The van der Waals surface area contributed by atoms with Crippen molar-refractivity contribution in [2.75, 3.05) is 0 Å². The Balaban J connectivity index is 1.73. The summed E-state index contributed by atoms with van der Waals surface area (Å²) >= 11 is 0. The van der Waals surface area contributed by atoms with Crippen molar-refractivity contribution in [3.8, 4) is 0 Å². The molecule has 3 nitrogen and oxygen atoms in total. The van der Waals surface area contributed by atoms with Crippen LogP contribution in [0.25, 0.3) is 6.08 Å². The van der Waals surface area contributed by atoms with E-state index in [-0.39, 0.29) is 17.4 Å². The van der Waals surface area contributed by atoms with E-state index in [0.29, 0.717) is 17.8 Å². The van der Waals surface area contributed by atoms with E-state index in [1.54, 1.807) is 18.2 Å². The molecule has 1 N–H and O–H groups in total. The number of amides is 1. The molecule has 0 spiro atoms. The Hall–Kier alpha value is -2.75. The molecule has 0 fully saturated rings. The van der Waals surface area contributed by atoms with Crippen molar-refractivity contribution in [2.24, 2.45) is 4.99 Å². The molecule has 0 unspecified atom stereocenters. The number of carbonyl (C=O) groups excluding carboxylic acids is 1. The summed E-state index contributed by atoms with van der Waals surface area (Å²) in [5.74, 6) is -0.0292. The van der Waals surface area contributed by atoms with Gasteiger partial charge in [0.25, 0.3) is 5.91 Å². The predicted octanol–water partition coefficient (Wildman–Crippen LogP) is 3.33. The zero-order chi connectivity index (χ0) is 15.4. The maximum atomic E-state index is 13.6. The van der Waals surface area contributed by atoms with Crippen molar-refractivity contribution in [2.45, 2.75) is 12.8 Å². The van der Waals surface area contributed by atoms with Crippen molar-refractivity contribution >= 4 is 17.8 Å². The fourth-order valence-corrected chi connectivity index (χ4v) is 2.28. The Morgan fingerprint density at radius 1 is 1.00 bits per heavy atom. The molecule has 2 aromatic carbocycles. The minimum atomic E-state index is -0.365. The summed E-state index contributed by atoms with van der Waals surface area (Å²) in [7, 11) is 0. The molecule has 4 heteroatoms. The van der Waals surface area contributed by atoms with E-state index in [9.17, 15) is 9.18 Å². The minimum absolute atomic E-state index is 0.244. The standard InChI is InChI=1S/C18H15FN2O/c19-15-9-5-4-8-14(15)12-16-18(22)21-17(20-16)11-10-13-6-2-1-3-7-13/h1-9,12H,10-11H2,(H,20,21,22)/b16-12-. The lowest BCUT2D eigenvalue weighted by Gasteiger charge is -2.00. The molecule has 0 saturated heterocycles. The number of hydrogen-bond acceptors (Lipinski definition) is 2. The molecule has 1 amide bonds. The lowest BCUT2D eigenvalue weighted by atomic mass is 10.1. The van der Waals surface area contributed by atoms with Gasteiger partial charge >= 0.3 is 0 Å². The number of rotatable bonds is 4. The average molecular weight is 294 g/mol. The van der Waals surface area contributed by atoms with Gasteiger partial charge in [-0.3, -0.25) is 4.79 Å². The number of amidine groups is 1. The number of carbonyl (C=O) groups is 1. The smallest absolute Gasteiger partial charge is 0.275 e. The van der Waals surface area contributed by atoms with Gasteiger partial charge in [-0.25, -0.2) is 9.38 Å². The first-order valence-corrected chi connectivity index (χ1v) is 7.11. The van der Waals surface area contributed by atoms with Crippen LogP contribution >= 0.6 is 0 Å². The van der Waals surface area contributed by atoms with Gasteiger partial charge in [0.05, 0.1) is 0 Å². The number of hydrogen-bond donors (Lipinski definition) is 1. The SMILES string of the molecule is O=C1NC(CCc2ccccc2)=N/C1=C\c1ccccc1F. The van der Waals surface area contributed by atoms with Crippen LogP contribution in [-0.2, 0) is 11.2 Å². The third kappa shape index (κ3) is 3.28. The molecule has 1 aliphatic heterocycles. The van der Waals surface area contributed by atoms with Crippen LogP contribution in [0.3, 0.4) is 0 Å². The van der Waals surface area contributed by atoms with E-state index >= 15 is 0 Å².